The fraction of sp³-hybridized carbons (Fsp3) is 0.435. The molecular formula is C23H25ClF3N3O2. The average Bonchev–Trinajstić information content (AvgIpc) is 2.77. The number of halogens is 4. The predicted octanol–water partition coefficient (Wildman–Crippen LogP) is 3.99. The van der Waals surface area contributed by atoms with E-state index in [0.29, 0.717) is 43.4 Å². The second-order valence-electron chi connectivity index (χ2n) is 8.12. The molecule has 0 spiro atoms. The van der Waals surface area contributed by atoms with Gasteiger partial charge in [-0.05, 0) is 48.4 Å². The van der Waals surface area contributed by atoms with Crippen molar-refractivity contribution in [3.63, 3.8) is 0 Å². The number of hydrogen-bond acceptors (Lipinski definition) is 4. The van der Waals surface area contributed by atoms with Crippen LogP contribution >= 0.6 is 11.6 Å². The van der Waals surface area contributed by atoms with Gasteiger partial charge in [0.2, 0.25) is 5.91 Å². The number of amides is 1. The van der Waals surface area contributed by atoms with Gasteiger partial charge in [-0.15, -0.1) is 0 Å². The molecular weight excluding hydrogens is 443 g/mol. The summed E-state index contributed by atoms with van der Waals surface area (Å²) in [5.41, 5.74) is 1.61. The highest BCUT2D eigenvalue weighted by atomic mass is 35.5. The van der Waals surface area contributed by atoms with Gasteiger partial charge in [0.15, 0.2) is 0 Å². The first kappa shape index (κ1) is 22.7. The van der Waals surface area contributed by atoms with Crippen molar-refractivity contribution < 1.29 is 22.7 Å². The van der Waals surface area contributed by atoms with Crippen LogP contribution in [0.25, 0.3) is 0 Å². The van der Waals surface area contributed by atoms with Gasteiger partial charge in [-0.25, -0.2) is 0 Å². The van der Waals surface area contributed by atoms with Crippen molar-refractivity contribution in [2.24, 2.45) is 5.92 Å². The third-order valence-electron chi connectivity index (χ3n) is 6.15. The molecule has 9 heteroatoms. The van der Waals surface area contributed by atoms with Crippen LogP contribution in [0.4, 0.5) is 24.5 Å². The van der Waals surface area contributed by atoms with Crippen LogP contribution in [0.1, 0.15) is 11.1 Å². The Kier molecular flexibility index (Phi) is 6.53. The van der Waals surface area contributed by atoms with E-state index in [1.165, 1.54) is 6.07 Å². The topological polar surface area (TPSA) is 44.8 Å². The highest BCUT2D eigenvalue weighted by molar-refractivity contribution is 6.30. The molecule has 4 rings (SSSR count). The Morgan fingerprint density at radius 2 is 2.03 bits per heavy atom. The predicted molar refractivity (Wildman–Crippen MR) is 118 cm³/mol. The highest BCUT2D eigenvalue weighted by Gasteiger charge is 2.42. The first-order valence-corrected chi connectivity index (χ1v) is 10.9. The number of alkyl halides is 3. The van der Waals surface area contributed by atoms with Crippen LogP contribution in [0.5, 0.6) is 0 Å². The van der Waals surface area contributed by atoms with E-state index in [2.05, 4.69) is 15.1 Å². The molecule has 172 valence electrons. The molecule has 0 unspecified atom stereocenters. The van der Waals surface area contributed by atoms with Gasteiger partial charge in [0.1, 0.15) is 0 Å². The van der Waals surface area contributed by atoms with Crippen molar-refractivity contribution in [3.8, 4) is 0 Å². The van der Waals surface area contributed by atoms with Crippen LogP contribution in [-0.4, -0.2) is 51.8 Å². The van der Waals surface area contributed by atoms with E-state index in [1.54, 1.807) is 13.2 Å². The van der Waals surface area contributed by atoms with Gasteiger partial charge in [0, 0.05) is 49.7 Å². The fourth-order valence-electron chi connectivity index (χ4n) is 4.61. The number of methoxy groups -OCH3 is 1. The van der Waals surface area contributed by atoms with Crippen molar-refractivity contribution in [2.75, 3.05) is 49.7 Å². The number of hydrogen-bond donors (Lipinski definition) is 1. The molecule has 1 amide bonds. The summed E-state index contributed by atoms with van der Waals surface area (Å²) in [4.78, 5) is 17.3. The summed E-state index contributed by atoms with van der Waals surface area (Å²) in [6.45, 7) is 2.57. The van der Waals surface area contributed by atoms with E-state index in [9.17, 15) is 18.0 Å². The van der Waals surface area contributed by atoms with Crippen LogP contribution in [0.2, 0.25) is 5.02 Å². The van der Waals surface area contributed by atoms with Gasteiger partial charge in [-0.3, -0.25) is 4.79 Å². The Morgan fingerprint density at radius 3 is 2.75 bits per heavy atom. The number of carbonyl (C=O) groups excluding carboxylic acids is 1. The summed E-state index contributed by atoms with van der Waals surface area (Å²) in [5.74, 6) is -0.655. The number of fused-ring (bicyclic) bond motifs is 3. The average molecular weight is 468 g/mol. The van der Waals surface area contributed by atoms with E-state index < -0.39 is 17.7 Å². The summed E-state index contributed by atoms with van der Waals surface area (Å²) in [7, 11) is 1.55. The summed E-state index contributed by atoms with van der Waals surface area (Å²) in [5, 5.41) is 3.51. The van der Waals surface area contributed by atoms with Gasteiger partial charge < -0.3 is 19.9 Å². The minimum absolute atomic E-state index is 0.172. The van der Waals surface area contributed by atoms with Crippen molar-refractivity contribution >= 4 is 28.9 Å². The first-order chi connectivity index (χ1) is 15.3. The zero-order valence-corrected chi connectivity index (χ0v) is 18.4. The number of rotatable bonds is 5. The van der Waals surface area contributed by atoms with E-state index in [4.69, 9.17) is 16.3 Å². The molecule has 32 heavy (non-hydrogen) atoms. The van der Waals surface area contributed by atoms with Crippen LogP contribution in [0.15, 0.2) is 42.5 Å². The highest BCUT2D eigenvalue weighted by Crippen LogP contribution is 2.40. The molecule has 1 fully saturated rings. The van der Waals surface area contributed by atoms with E-state index in [-0.39, 0.29) is 18.4 Å². The third kappa shape index (κ3) is 4.66. The standard InChI is InChI=1S/C23H25ClF3N3O2/c1-32-10-7-28-22(31)19-12-15-11-16(23(25,26)27)5-6-20(15)30-9-8-29(14-21(19)30)18-4-2-3-17(24)13-18/h2-6,11,13,19,21H,7-10,12,14H2,1H3,(H,28,31)/t19-,21-/m0/s1. The molecule has 2 heterocycles. The Labute approximate surface area is 190 Å². The monoisotopic (exact) mass is 467 g/mol. The van der Waals surface area contributed by atoms with Crippen LogP contribution in [-0.2, 0) is 22.1 Å². The summed E-state index contributed by atoms with van der Waals surface area (Å²) in [6, 6.07) is 11.2. The minimum atomic E-state index is -4.42. The largest absolute Gasteiger partial charge is 0.416 e. The molecule has 1 N–H and O–H groups in total. The maximum absolute atomic E-state index is 13.3. The molecule has 0 bridgehead atoms. The third-order valence-corrected chi connectivity index (χ3v) is 6.39. The lowest BCUT2D eigenvalue weighted by Gasteiger charge is -2.49. The van der Waals surface area contributed by atoms with Crippen LogP contribution < -0.4 is 15.1 Å². The van der Waals surface area contributed by atoms with Gasteiger partial charge in [-0.2, -0.15) is 13.2 Å². The maximum atomic E-state index is 13.3. The Bertz CT molecular complexity index is 985. The number of piperazine rings is 1. The minimum Gasteiger partial charge on any atom is -0.383 e. The molecule has 2 aromatic rings. The Hall–Kier alpha value is -2.45. The normalized spacial score (nSPS) is 20.5. The number of benzene rings is 2. The number of nitrogens with one attached hydrogen (secondary N) is 1. The summed E-state index contributed by atoms with van der Waals surface area (Å²) < 4.78 is 44.9. The number of ether oxygens (including phenoxy) is 1. The molecule has 0 saturated carbocycles. The lowest BCUT2D eigenvalue weighted by molar-refractivity contribution is -0.137. The van der Waals surface area contributed by atoms with E-state index >= 15 is 0 Å². The second-order valence-corrected chi connectivity index (χ2v) is 8.56. The molecule has 2 aliphatic heterocycles. The molecule has 2 atom stereocenters. The lowest BCUT2D eigenvalue weighted by atomic mass is 9.82. The summed E-state index contributed by atoms with van der Waals surface area (Å²) in [6.07, 6.45) is -4.17. The lowest BCUT2D eigenvalue weighted by Crippen LogP contribution is -2.61. The van der Waals surface area contributed by atoms with Crippen molar-refractivity contribution in [1.29, 1.82) is 0 Å². The molecule has 0 radical (unpaired) electrons. The van der Waals surface area contributed by atoms with Crippen molar-refractivity contribution in [1.82, 2.24) is 5.32 Å². The Balaban J connectivity index is 1.65. The molecule has 1 saturated heterocycles. The zero-order valence-electron chi connectivity index (χ0n) is 17.7. The van der Waals surface area contributed by atoms with Crippen LogP contribution in [0.3, 0.4) is 0 Å². The van der Waals surface area contributed by atoms with Crippen molar-refractivity contribution in [3.05, 3.63) is 58.6 Å². The SMILES string of the molecule is COCCNC(=O)[C@H]1Cc2cc(C(F)(F)F)ccc2N2CCN(c3cccc(Cl)c3)C[C@@H]12. The Morgan fingerprint density at radius 1 is 1.22 bits per heavy atom. The number of nitrogens with zero attached hydrogens (tertiary/aromatic N) is 2. The molecule has 0 aliphatic carbocycles. The van der Waals surface area contributed by atoms with E-state index in [1.807, 2.05) is 24.3 Å². The zero-order chi connectivity index (χ0) is 22.9. The molecule has 0 aromatic heterocycles. The first-order valence-electron chi connectivity index (χ1n) is 10.5. The molecule has 2 aromatic carbocycles. The smallest absolute Gasteiger partial charge is 0.383 e. The van der Waals surface area contributed by atoms with Gasteiger partial charge in [0.05, 0.1) is 24.1 Å². The molecule has 2 aliphatic rings. The quantitative estimate of drug-likeness (QED) is 0.675. The fourth-order valence-corrected chi connectivity index (χ4v) is 4.80. The number of carbonyl (C=O) groups is 1. The van der Waals surface area contributed by atoms with Crippen LogP contribution in [0, 0.1) is 5.92 Å². The maximum Gasteiger partial charge on any atom is 0.416 e. The van der Waals surface area contributed by atoms with E-state index in [0.717, 1.165) is 17.4 Å². The van der Waals surface area contributed by atoms with Gasteiger partial charge in [-0.1, -0.05) is 17.7 Å². The number of anilines is 2. The van der Waals surface area contributed by atoms with Gasteiger partial charge >= 0.3 is 6.18 Å². The van der Waals surface area contributed by atoms with Gasteiger partial charge in [0.25, 0.3) is 0 Å². The summed E-state index contributed by atoms with van der Waals surface area (Å²) >= 11 is 6.17. The molecule has 5 nitrogen and oxygen atoms in total. The van der Waals surface area contributed by atoms with Crippen molar-refractivity contribution in [2.45, 2.75) is 18.6 Å². The second kappa shape index (κ2) is 9.19.